The first kappa shape index (κ1) is 15.0. The van der Waals surface area contributed by atoms with Gasteiger partial charge in [-0.05, 0) is 12.1 Å². The predicted molar refractivity (Wildman–Crippen MR) is 80.5 cm³/mol. The molecular formula is C14H18N4O3. The second-order valence-corrected chi connectivity index (χ2v) is 4.52. The van der Waals surface area contributed by atoms with Crippen molar-refractivity contribution in [3.63, 3.8) is 0 Å². The van der Waals surface area contributed by atoms with Crippen LogP contribution in [0.15, 0.2) is 29.1 Å². The molecule has 6 N–H and O–H groups in total. The Morgan fingerprint density at radius 1 is 1.24 bits per heavy atom. The fourth-order valence-corrected chi connectivity index (χ4v) is 2.02. The van der Waals surface area contributed by atoms with Crippen molar-refractivity contribution in [3.05, 3.63) is 40.2 Å². The molecule has 0 radical (unpaired) electrons. The average Bonchev–Trinajstić information content (AvgIpc) is 2.47. The number of H-pyrrole nitrogens is 1. The van der Waals surface area contributed by atoms with Crippen molar-refractivity contribution in [2.24, 2.45) is 5.73 Å². The molecule has 112 valence electrons. The lowest BCUT2D eigenvalue weighted by atomic mass is 10.1. The van der Waals surface area contributed by atoms with E-state index < -0.39 is 11.5 Å². The van der Waals surface area contributed by atoms with Crippen LogP contribution < -0.4 is 21.9 Å². The maximum atomic E-state index is 12.0. The first-order valence-electron chi connectivity index (χ1n) is 6.68. The number of hydrogen-bond acceptors (Lipinski definition) is 5. The Balaban J connectivity index is 2.17. The highest BCUT2D eigenvalue weighted by Gasteiger charge is 2.18. The summed E-state index contributed by atoms with van der Waals surface area (Å²) >= 11 is 0. The highest BCUT2D eigenvalue weighted by Crippen LogP contribution is 2.24. The summed E-state index contributed by atoms with van der Waals surface area (Å²) < 4.78 is 0. The minimum Gasteiger partial charge on any atom is -0.506 e. The fourth-order valence-electron chi connectivity index (χ4n) is 2.02. The van der Waals surface area contributed by atoms with Gasteiger partial charge in [-0.3, -0.25) is 9.59 Å². The second-order valence-electron chi connectivity index (χ2n) is 4.52. The monoisotopic (exact) mass is 290 g/mol. The Morgan fingerprint density at radius 3 is 2.76 bits per heavy atom. The number of carbonyl (C=O) groups excluding carboxylic acids is 1. The standard InChI is InChI=1S/C14H18N4O3/c15-5-6-16-7-8-17-13(20)11-12(19)9-3-1-2-4-10(9)18-14(11)21/h1-4,16H,5-8,15H2,(H,17,20)(H2,18,19,21). The first-order valence-corrected chi connectivity index (χ1v) is 6.68. The molecule has 7 nitrogen and oxygen atoms in total. The van der Waals surface area contributed by atoms with Crippen LogP contribution in [0.3, 0.4) is 0 Å². The average molecular weight is 290 g/mol. The quantitative estimate of drug-likeness (QED) is 0.460. The maximum absolute atomic E-state index is 12.0. The molecule has 1 aromatic carbocycles. The summed E-state index contributed by atoms with van der Waals surface area (Å²) in [5.74, 6) is -0.907. The van der Waals surface area contributed by atoms with E-state index in [1.165, 1.54) is 0 Å². The van der Waals surface area contributed by atoms with E-state index >= 15 is 0 Å². The Bertz CT molecular complexity index is 696. The van der Waals surface area contributed by atoms with E-state index in [0.717, 1.165) is 0 Å². The molecule has 2 aromatic rings. The van der Waals surface area contributed by atoms with Crippen LogP contribution in [-0.2, 0) is 0 Å². The van der Waals surface area contributed by atoms with E-state index in [0.29, 0.717) is 37.1 Å². The van der Waals surface area contributed by atoms with Crippen LogP contribution in [0.25, 0.3) is 10.9 Å². The summed E-state index contributed by atoms with van der Waals surface area (Å²) in [6.45, 7) is 2.04. The number of benzene rings is 1. The molecule has 0 saturated heterocycles. The van der Waals surface area contributed by atoms with Gasteiger partial charge in [-0.25, -0.2) is 0 Å². The lowest BCUT2D eigenvalue weighted by molar-refractivity contribution is 0.0950. The maximum Gasteiger partial charge on any atom is 0.265 e. The molecule has 0 bridgehead atoms. The molecule has 0 fully saturated rings. The summed E-state index contributed by atoms with van der Waals surface area (Å²) in [4.78, 5) is 26.5. The number of aromatic amines is 1. The van der Waals surface area contributed by atoms with Crippen molar-refractivity contribution >= 4 is 16.8 Å². The molecule has 0 atom stereocenters. The van der Waals surface area contributed by atoms with E-state index in [-0.39, 0.29) is 11.3 Å². The predicted octanol–water partition coefficient (Wildman–Crippen LogP) is -0.488. The van der Waals surface area contributed by atoms with Gasteiger partial charge in [0, 0.05) is 31.6 Å². The Labute approximate surface area is 121 Å². The second kappa shape index (κ2) is 6.87. The zero-order chi connectivity index (χ0) is 15.2. The van der Waals surface area contributed by atoms with Crippen LogP contribution in [-0.4, -0.2) is 42.2 Å². The molecule has 0 aliphatic rings. The van der Waals surface area contributed by atoms with Gasteiger partial charge in [0.2, 0.25) is 0 Å². The number of hydrogen-bond donors (Lipinski definition) is 5. The molecular weight excluding hydrogens is 272 g/mol. The van der Waals surface area contributed by atoms with Crippen LogP contribution in [0.1, 0.15) is 10.4 Å². The van der Waals surface area contributed by atoms with E-state index in [1.54, 1.807) is 24.3 Å². The van der Waals surface area contributed by atoms with Crippen LogP contribution >= 0.6 is 0 Å². The summed E-state index contributed by atoms with van der Waals surface area (Å²) in [5.41, 5.74) is 4.93. The normalized spacial score (nSPS) is 10.7. The van der Waals surface area contributed by atoms with Crippen molar-refractivity contribution in [2.45, 2.75) is 0 Å². The zero-order valence-corrected chi connectivity index (χ0v) is 11.5. The fraction of sp³-hybridized carbons (Fsp3) is 0.286. The molecule has 0 unspecified atom stereocenters. The number of pyridine rings is 1. The number of nitrogens with two attached hydrogens (primary N) is 1. The summed E-state index contributed by atoms with van der Waals surface area (Å²) in [5, 5.41) is 16.2. The molecule has 0 spiro atoms. The largest absolute Gasteiger partial charge is 0.506 e. The summed E-state index contributed by atoms with van der Waals surface area (Å²) in [6.07, 6.45) is 0. The van der Waals surface area contributed by atoms with Crippen molar-refractivity contribution in [1.29, 1.82) is 0 Å². The summed E-state index contributed by atoms with van der Waals surface area (Å²) in [7, 11) is 0. The van der Waals surface area contributed by atoms with E-state index in [1.807, 2.05) is 0 Å². The minimum atomic E-state index is -0.612. The zero-order valence-electron chi connectivity index (χ0n) is 11.5. The van der Waals surface area contributed by atoms with Gasteiger partial charge in [0.25, 0.3) is 11.5 Å². The minimum absolute atomic E-state index is 0.271. The van der Waals surface area contributed by atoms with Gasteiger partial charge in [0.05, 0.1) is 5.52 Å². The third kappa shape index (κ3) is 3.39. The third-order valence-corrected chi connectivity index (χ3v) is 3.03. The molecule has 1 aromatic heterocycles. The SMILES string of the molecule is NCCNCCNC(=O)c1c(O)c2ccccc2[nH]c1=O. The molecule has 1 amide bonds. The van der Waals surface area contributed by atoms with Gasteiger partial charge in [-0.1, -0.05) is 12.1 Å². The van der Waals surface area contributed by atoms with Gasteiger partial charge in [0.1, 0.15) is 11.3 Å². The molecule has 0 aliphatic carbocycles. The van der Waals surface area contributed by atoms with Gasteiger partial charge in [-0.15, -0.1) is 0 Å². The van der Waals surface area contributed by atoms with Crippen molar-refractivity contribution < 1.29 is 9.90 Å². The number of aromatic hydroxyl groups is 1. The van der Waals surface area contributed by atoms with Gasteiger partial charge in [0.15, 0.2) is 0 Å². The molecule has 7 heteroatoms. The Hall–Kier alpha value is -2.38. The Morgan fingerprint density at radius 2 is 2.00 bits per heavy atom. The van der Waals surface area contributed by atoms with Gasteiger partial charge >= 0.3 is 0 Å². The highest BCUT2D eigenvalue weighted by molar-refractivity contribution is 6.01. The molecule has 0 saturated carbocycles. The van der Waals surface area contributed by atoms with Crippen LogP contribution in [0.4, 0.5) is 0 Å². The number of carbonyl (C=O) groups is 1. The molecule has 21 heavy (non-hydrogen) atoms. The number of rotatable bonds is 6. The lowest BCUT2D eigenvalue weighted by Crippen LogP contribution is -2.36. The van der Waals surface area contributed by atoms with Crippen molar-refractivity contribution in [2.75, 3.05) is 26.2 Å². The van der Waals surface area contributed by atoms with Gasteiger partial charge < -0.3 is 26.5 Å². The number of nitrogens with one attached hydrogen (secondary N) is 3. The lowest BCUT2D eigenvalue weighted by Gasteiger charge is -2.08. The number of fused-ring (bicyclic) bond motifs is 1. The van der Waals surface area contributed by atoms with Crippen LogP contribution in [0, 0.1) is 0 Å². The Kier molecular flexibility index (Phi) is 4.91. The topological polar surface area (TPSA) is 120 Å². The van der Waals surface area contributed by atoms with Gasteiger partial charge in [-0.2, -0.15) is 0 Å². The van der Waals surface area contributed by atoms with Crippen LogP contribution in [0.2, 0.25) is 0 Å². The highest BCUT2D eigenvalue weighted by atomic mass is 16.3. The first-order chi connectivity index (χ1) is 10.1. The van der Waals surface area contributed by atoms with E-state index in [2.05, 4.69) is 15.6 Å². The van der Waals surface area contributed by atoms with E-state index in [9.17, 15) is 14.7 Å². The third-order valence-electron chi connectivity index (χ3n) is 3.03. The molecule has 2 rings (SSSR count). The number of para-hydroxylation sites is 1. The van der Waals surface area contributed by atoms with Crippen LogP contribution in [0.5, 0.6) is 5.75 Å². The van der Waals surface area contributed by atoms with Crippen molar-refractivity contribution in [3.8, 4) is 5.75 Å². The smallest absolute Gasteiger partial charge is 0.265 e. The van der Waals surface area contributed by atoms with E-state index in [4.69, 9.17) is 5.73 Å². The van der Waals surface area contributed by atoms with Crippen molar-refractivity contribution in [1.82, 2.24) is 15.6 Å². The molecule has 0 aliphatic heterocycles. The molecule has 1 heterocycles. The number of aromatic nitrogens is 1. The summed E-state index contributed by atoms with van der Waals surface area (Å²) in [6, 6.07) is 6.76. The number of amides is 1.